The summed E-state index contributed by atoms with van der Waals surface area (Å²) < 4.78 is 26.6. The van der Waals surface area contributed by atoms with E-state index in [1.54, 1.807) is 0 Å². The van der Waals surface area contributed by atoms with Crippen LogP contribution >= 0.6 is 0 Å². The van der Waals surface area contributed by atoms with Crippen LogP contribution in [0.3, 0.4) is 0 Å². The average Bonchev–Trinajstić information content (AvgIpc) is 3.01. The van der Waals surface area contributed by atoms with Crippen molar-refractivity contribution >= 4 is 17.6 Å². The molecule has 0 bridgehead atoms. The van der Waals surface area contributed by atoms with E-state index in [1.807, 2.05) is 0 Å². The molecule has 2 N–H and O–H groups in total. The first-order valence-electron chi connectivity index (χ1n) is 6.91. The second-order valence-corrected chi connectivity index (χ2v) is 5.77. The molecule has 1 aromatic rings. The Morgan fingerprint density at radius 2 is 1.81 bits per heavy atom. The van der Waals surface area contributed by atoms with Gasteiger partial charge in [-0.25, -0.2) is 13.6 Å². The second kappa shape index (κ2) is 4.79. The summed E-state index contributed by atoms with van der Waals surface area (Å²) in [6, 6.07) is 5.78. The van der Waals surface area contributed by atoms with Gasteiger partial charge in [0, 0.05) is 23.4 Å². The fourth-order valence-corrected chi connectivity index (χ4v) is 3.16. The van der Waals surface area contributed by atoms with Crippen molar-refractivity contribution in [3.05, 3.63) is 29.8 Å². The van der Waals surface area contributed by atoms with E-state index in [1.165, 1.54) is 24.3 Å². The molecule has 0 saturated heterocycles. The fraction of sp³-hybridized carbons (Fsp3) is 0.467. The molecule has 3 unspecified atom stereocenters. The minimum atomic E-state index is -2.59. The fourth-order valence-electron chi connectivity index (χ4n) is 3.16. The summed E-state index contributed by atoms with van der Waals surface area (Å²) in [5.74, 6) is -5.45. The first-order valence-corrected chi connectivity index (χ1v) is 6.91. The summed E-state index contributed by atoms with van der Waals surface area (Å²) in [7, 11) is 0. The van der Waals surface area contributed by atoms with Crippen LogP contribution in [0, 0.1) is 17.8 Å². The molecule has 0 heterocycles. The third kappa shape index (κ3) is 2.50. The number of hydrogen-bond donors (Lipinski definition) is 2. The first-order chi connectivity index (χ1) is 9.89. The average molecular weight is 295 g/mol. The van der Waals surface area contributed by atoms with E-state index < -0.39 is 29.6 Å². The molecule has 0 aliphatic heterocycles. The first kappa shape index (κ1) is 14.0. The van der Waals surface area contributed by atoms with Gasteiger partial charge in [0.05, 0.1) is 5.56 Å². The lowest BCUT2D eigenvalue weighted by atomic mass is 9.88. The Bertz CT molecular complexity index is 585. The number of aromatic carboxylic acids is 1. The normalized spacial score (nSPS) is 29.3. The number of halogens is 2. The van der Waals surface area contributed by atoms with Gasteiger partial charge >= 0.3 is 5.97 Å². The van der Waals surface area contributed by atoms with Crippen molar-refractivity contribution in [3.8, 4) is 0 Å². The van der Waals surface area contributed by atoms with Crippen LogP contribution in [-0.2, 0) is 4.79 Å². The molecule has 4 nitrogen and oxygen atoms in total. The third-order valence-electron chi connectivity index (χ3n) is 4.50. The molecule has 6 heteroatoms. The van der Waals surface area contributed by atoms with E-state index in [9.17, 15) is 18.4 Å². The number of rotatable bonds is 3. The van der Waals surface area contributed by atoms with Crippen LogP contribution in [0.5, 0.6) is 0 Å². The number of fused-ring (bicyclic) bond motifs is 1. The number of carbonyl (C=O) groups excluding carboxylic acids is 1. The van der Waals surface area contributed by atoms with Gasteiger partial charge in [0.15, 0.2) is 0 Å². The van der Waals surface area contributed by atoms with Gasteiger partial charge in [0.25, 0.3) is 5.92 Å². The highest BCUT2D eigenvalue weighted by Gasteiger charge is 2.69. The Labute approximate surface area is 120 Å². The Hall–Kier alpha value is -1.98. The molecule has 1 aromatic carbocycles. The van der Waals surface area contributed by atoms with Gasteiger partial charge in [0.1, 0.15) is 0 Å². The molecule has 2 saturated carbocycles. The van der Waals surface area contributed by atoms with Gasteiger partial charge in [-0.2, -0.15) is 0 Å². The van der Waals surface area contributed by atoms with E-state index in [-0.39, 0.29) is 17.9 Å². The molecule has 3 atom stereocenters. The van der Waals surface area contributed by atoms with Crippen molar-refractivity contribution in [2.75, 3.05) is 5.32 Å². The number of carbonyl (C=O) groups is 2. The molecule has 2 aliphatic carbocycles. The zero-order valence-corrected chi connectivity index (χ0v) is 11.2. The predicted molar refractivity (Wildman–Crippen MR) is 71.3 cm³/mol. The Kier molecular flexibility index (Phi) is 3.19. The highest BCUT2D eigenvalue weighted by atomic mass is 19.3. The van der Waals surface area contributed by atoms with Crippen LogP contribution in [0.15, 0.2) is 24.3 Å². The van der Waals surface area contributed by atoms with Gasteiger partial charge in [0.2, 0.25) is 5.91 Å². The number of anilines is 1. The van der Waals surface area contributed by atoms with Crippen molar-refractivity contribution in [1.82, 2.24) is 0 Å². The van der Waals surface area contributed by atoms with Gasteiger partial charge in [-0.1, -0.05) is 0 Å². The zero-order chi connectivity index (χ0) is 15.2. The van der Waals surface area contributed by atoms with Crippen LogP contribution in [0.4, 0.5) is 14.5 Å². The number of hydrogen-bond acceptors (Lipinski definition) is 2. The molecule has 2 fully saturated rings. The highest BCUT2D eigenvalue weighted by Crippen LogP contribution is 2.63. The smallest absolute Gasteiger partial charge is 0.335 e. The minimum Gasteiger partial charge on any atom is -0.478 e. The number of nitrogens with one attached hydrogen (secondary N) is 1. The summed E-state index contributed by atoms with van der Waals surface area (Å²) in [5, 5.41) is 11.5. The van der Waals surface area contributed by atoms with Gasteiger partial charge in [-0.3, -0.25) is 4.79 Å². The van der Waals surface area contributed by atoms with E-state index in [0.29, 0.717) is 18.5 Å². The summed E-state index contributed by atoms with van der Waals surface area (Å²) in [6.45, 7) is 0. The molecular formula is C15H15F2NO3. The molecular weight excluding hydrogens is 280 g/mol. The molecule has 1 amide bonds. The Morgan fingerprint density at radius 3 is 2.38 bits per heavy atom. The molecule has 21 heavy (non-hydrogen) atoms. The topological polar surface area (TPSA) is 66.4 Å². The van der Waals surface area contributed by atoms with Crippen molar-refractivity contribution in [2.24, 2.45) is 17.8 Å². The lowest BCUT2D eigenvalue weighted by Crippen LogP contribution is -2.25. The SMILES string of the molecule is O=C(O)c1ccc(NC(=O)C2CCC3C(C2)C3(F)F)cc1. The predicted octanol–water partition coefficient (Wildman–Crippen LogP) is 3.00. The van der Waals surface area contributed by atoms with Gasteiger partial charge in [-0.15, -0.1) is 0 Å². The largest absolute Gasteiger partial charge is 0.478 e. The summed E-state index contributed by atoms with van der Waals surface area (Å²) in [4.78, 5) is 22.8. The zero-order valence-electron chi connectivity index (χ0n) is 11.2. The monoisotopic (exact) mass is 295 g/mol. The van der Waals surface area contributed by atoms with Crippen molar-refractivity contribution in [1.29, 1.82) is 0 Å². The third-order valence-corrected chi connectivity index (χ3v) is 4.50. The number of carboxylic acid groups (broad SMARTS) is 1. The molecule has 112 valence electrons. The van der Waals surface area contributed by atoms with Crippen molar-refractivity contribution in [2.45, 2.75) is 25.2 Å². The summed E-state index contributed by atoms with van der Waals surface area (Å²) in [5.41, 5.74) is 0.612. The van der Waals surface area contributed by atoms with E-state index in [2.05, 4.69) is 5.32 Å². The molecule has 0 spiro atoms. The van der Waals surface area contributed by atoms with E-state index in [4.69, 9.17) is 5.11 Å². The highest BCUT2D eigenvalue weighted by molar-refractivity contribution is 5.93. The lowest BCUT2D eigenvalue weighted by Gasteiger charge is -2.19. The summed E-state index contributed by atoms with van der Waals surface area (Å²) in [6.07, 6.45) is 1.11. The van der Waals surface area contributed by atoms with Crippen LogP contribution in [-0.4, -0.2) is 22.9 Å². The maximum atomic E-state index is 13.3. The second-order valence-electron chi connectivity index (χ2n) is 5.77. The van der Waals surface area contributed by atoms with E-state index >= 15 is 0 Å². The summed E-state index contributed by atoms with van der Waals surface area (Å²) >= 11 is 0. The molecule has 0 radical (unpaired) electrons. The Balaban J connectivity index is 1.60. The Morgan fingerprint density at radius 1 is 1.14 bits per heavy atom. The number of carboxylic acids is 1. The molecule has 3 rings (SSSR count). The quantitative estimate of drug-likeness (QED) is 0.900. The number of amides is 1. The minimum absolute atomic E-state index is 0.131. The van der Waals surface area contributed by atoms with Crippen LogP contribution in [0.25, 0.3) is 0 Å². The standard InChI is InChI=1S/C15H15F2NO3/c16-15(17)11-6-3-9(7-12(11)15)13(19)18-10-4-1-8(2-5-10)14(20)21/h1-2,4-5,9,11-12H,3,6-7H2,(H,18,19)(H,20,21). The van der Waals surface area contributed by atoms with Crippen molar-refractivity contribution < 1.29 is 23.5 Å². The number of benzene rings is 1. The lowest BCUT2D eigenvalue weighted by molar-refractivity contribution is -0.120. The maximum absolute atomic E-state index is 13.3. The van der Waals surface area contributed by atoms with Gasteiger partial charge in [-0.05, 0) is 43.5 Å². The van der Waals surface area contributed by atoms with E-state index in [0.717, 1.165) is 0 Å². The molecule has 2 aliphatic rings. The van der Waals surface area contributed by atoms with Gasteiger partial charge < -0.3 is 10.4 Å². The maximum Gasteiger partial charge on any atom is 0.335 e. The van der Waals surface area contributed by atoms with Crippen LogP contribution in [0.2, 0.25) is 0 Å². The van der Waals surface area contributed by atoms with Crippen molar-refractivity contribution in [3.63, 3.8) is 0 Å². The number of alkyl halides is 2. The van der Waals surface area contributed by atoms with Crippen LogP contribution in [0.1, 0.15) is 29.6 Å². The van der Waals surface area contributed by atoms with Crippen LogP contribution < -0.4 is 5.32 Å². The molecule has 0 aromatic heterocycles.